The first-order chi connectivity index (χ1) is 12.5. The number of nitrogens with one attached hydrogen (secondary N) is 1. The molecular formula is C19H18F2N2O3. The van der Waals surface area contributed by atoms with Crippen molar-refractivity contribution in [2.45, 2.75) is 26.0 Å². The van der Waals surface area contributed by atoms with Crippen LogP contribution in [0.4, 0.5) is 14.5 Å². The summed E-state index contributed by atoms with van der Waals surface area (Å²) in [6, 6.07) is 13.0. The molecule has 0 saturated carbocycles. The number of amides is 2. The highest BCUT2D eigenvalue weighted by molar-refractivity contribution is 5.99. The van der Waals surface area contributed by atoms with Crippen molar-refractivity contribution in [1.82, 2.24) is 5.32 Å². The van der Waals surface area contributed by atoms with E-state index in [-0.39, 0.29) is 24.1 Å². The quantitative estimate of drug-likeness (QED) is 0.860. The average molecular weight is 360 g/mol. The van der Waals surface area contributed by atoms with Gasteiger partial charge < -0.3 is 15.0 Å². The molecule has 1 saturated heterocycles. The third-order valence-electron chi connectivity index (χ3n) is 4.10. The SMILES string of the molecule is O=C(NCc1ccc(OC(F)F)cc1)c1cccc(N2CCCC2=O)c1. The number of carbonyl (C=O) groups excluding carboxylic acids is 2. The number of hydrogen-bond donors (Lipinski definition) is 1. The molecular weight excluding hydrogens is 342 g/mol. The molecule has 1 heterocycles. The fraction of sp³-hybridized carbons (Fsp3) is 0.263. The van der Waals surface area contributed by atoms with E-state index in [1.807, 2.05) is 6.07 Å². The van der Waals surface area contributed by atoms with E-state index in [1.165, 1.54) is 12.1 Å². The van der Waals surface area contributed by atoms with Gasteiger partial charge in [-0.25, -0.2) is 0 Å². The van der Waals surface area contributed by atoms with Gasteiger partial charge in [-0.05, 0) is 42.3 Å². The Kier molecular flexibility index (Phi) is 5.46. The predicted molar refractivity (Wildman–Crippen MR) is 92.3 cm³/mol. The van der Waals surface area contributed by atoms with Crippen molar-refractivity contribution in [3.63, 3.8) is 0 Å². The number of nitrogens with zero attached hydrogens (tertiary/aromatic N) is 1. The summed E-state index contributed by atoms with van der Waals surface area (Å²) in [7, 11) is 0. The van der Waals surface area contributed by atoms with Crippen molar-refractivity contribution in [1.29, 1.82) is 0 Å². The highest BCUT2D eigenvalue weighted by Gasteiger charge is 2.22. The molecule has 2 aromatic rings. The van der Waals surface area contributed by atoms with E-state index in [1.54, 1.807) is 35.2 Å². The Morgan fingerprint density at radius 2 is 1.96 bits per heavy atom. The van der Waals surface area contributed by atoms with E-state index >= 15 is 0 Å². The van der Waals surface area contributed by atoms with Crippen LogP contribution in [0, 0.1) is 0 Å². The van der Waals surface area contributed by atoms with Crippen LogP contribution in [-0.4, -0.2) is 25.0 Å². The van der Waals surface area contributed by atoms with Gasteiger partial charge >= 0.3 is 6.61 Å². The van der Waals surface area contributed by atoms with Gasteiger partial charge in [0.05, 0.1) is 0 Å². The fourth-order valence-electron chi connectivity index (χ4n) is 2.81. The van der Waals surface area contributed by atoms with Crippen LogP contribution in [-0.2, 0) is 11.3 Å². The Labute approximate surface area is 149 Å². The molecule has 136 valence electrons. The van der Waals surface area contributed by atoms with E-state index in [9.17, 15) is 18.4 Å². The van der Waals surface area contributed by atoms with Gasteiger partial charge in [0.2, 0.25) is 5.91 Å². The first kappa shape index (κ1) is 17.8. The van der Waals surface area contributed by atoms with Gasteiger partial charge in [-0.2, -0.15) is 8.78 Å². The van der Waals surface area contributed by atoms with Crippen LogP contribution in [0.2, 0.25) is 0 Å². The molecule has 1 N–H and O–H groups in total. The van der Waals surface area contributed by atoms with E-state index in [2.05, 4.69) is 10.1 Å². The maximum Gasteiger partial charge on any atom is 0.387 e. The van der Waals surface area contributed by atoms with Gasteiger partial charge in [-0.15, -0.1) is 0 Å². The van der Waals surface area contributed by atoms with Gasteiger partial charge in [0.1, 0.15) is 5.75 Å². The van der Waals surface area contributed by atoms with Crippen LogP contribution in [0.5, 0.6) is 5.75 Å². The summed E-state index contributed by atoms with van der Waals surface area (Å²) in [4.78, 5) is 25.8. The van der Waals surface area contributed by atoms with Crippen molar-refractivity contribution in [3.8, 4) is 5.75 Å². The third-order valence-corrected chi connectivity index (χ3v) is 4.10. The van der Waals surface area contributed by atoms with E-state index in [4.69, 9.17) is 0 Å². The molecule has 2 amide bonds. The van der Waals surface area contributed by atoms with Gasteiger partial charge in [-0.3, -0.25) is 9.59 Å². The molecule has 0 aliphatic carbocycles. The van der Waals surface area contributed by atoms with Gasteiger partial charge in [0.15, 0.2) is 0 Å². The summed E-state index contributed by atoms with van der Waals surface area (Å²) in [6.45, 7) is -1.95. The summed E-state index contributed by atoms with van der Waals surface area (Å²) in [5, 5.41) is 2.77. The lowest BCUT2D eigenvalue weighted by molar-refractivity contribution is -0.117. The Morgan fingerprint density at radius 3 is 2.62 bits per heavy atom. The van der Waals surface area contributed by atoms with Crippen LogP contribution < -0.4 is 15.0 Å². The van der Waals surface area contributed by atoms with Crippen LogP contribution in [0.1, 0.15) is 28.8 Å². The lowest BCUT2D eigenvalue weighted by Gasteiger charge is -2.16. The van der Waals surface area contributed by atoms with Crippen molar-refractivity contribution in [2.75, 3.05) is 11.4 Å². The molecule has 0 unspecified atom stereocenters. The van der Waals surface area contributed by atoms with Crippen molar-refractivity contribution < 1.29 is 23.1 Å². The fourth-order valence-corrected chi connectivity index (χ4v) is 2.81. The predicted octanol–water partition coefficient (Wildman–Crippen LogP) is 3.34. The van der Waals surface area contributed by atoms with Gasteiger partial charge in [0, 0.05) is 30.8 Å². The minimum absolute atomic E-state index is 0.0636. The average Bonchev–Trinajstić information content (AvgIpc) is 3.06. The van der Waals surface area contributed by atoms with E-state index in [0.29, 0.717) is 24.2 Å². The molecule has 1 fully saturated rings. The zero-order chi connectivity index (χ0) is 18.5. The minimum Gasteiger partial charge on any atom is -0.435 e. The first-order valence-electron chi connectivity index (χ1n) is 8.25. The second kappa shape index (κ2) is 7.95. The first-order valence-corrected chi connectivity index (χ1v) is 8.25. The van der Waals surface area contributed by atoms with Crippen LogP contribution in [0.25, 0.3) is 0 Å². The molecule has 0 aromatic heterocycles. The molecule has 0 bridgehead atoms. The van der Waals surface area contributed by atoms with Crippen LogP contribution >= 0.6 is 0 Å². The maximum atomic E-state index is 12.3. The normalized spacial score (nSPS) is 14.0. The summed E-state index contributed by atoms with van der Waals surface area (Å²) in [5.41, 5.74) is 1.93. The molecule has 0 radical (unpaired) electrons. The molecule has 5 nitrogen and oxygen atoms in total. The monoisotopic (exact) mass is 360 g/mol. The zero-order valence-corrected chi connectivity index (χ0v) is 14.0. The number of anilines is 1. The number of ether oxygens (including phenoxy) is 1. The molecule has 26 heavy (non-hydrogen) atoms. The lowest BCUT2D eigenvalue weighted by Crippen LogP contribution is -2.25. The van der Waals surface area contributed by atoms with Crippen molar-refractivity contribution >= 4 is 17.5 Å². The largest absolute Gasteiger partial charge is 0.435 e. The van der Waals surface area contributed by atoms with Crippen LogP contribution in [0.3, 0.4) is 0 Å². The molecule has 1 aliphatic rings. The summed E-state index contributed by atoms with van der Waals surface area (Å²) < 4.78 is 28.5. The minimum atomic E-state index is -2.87. The number of carbonyl (C=O) groups is 2. The smallest absolute Gasteiger partial charge is 0.387 e. The van der Waals surface area contributed by atoms with Gasteiger partial charge in [0.25, 0.3) is 5.91 Å². The summed E-state index contributed by atoms with van der Waals surface area (Å²) in [5.74, 6) is -0.141. The second-order valence-corrected chi connectivity index (χ2v) is 5.90. The molecule has 7 heteroatoms. The molecule has 0 atom stereocenters. The molecule has 1 aliphatic heterocycles. The number of halogens is 2. The lowest BCUT2D eigenvalue weighted by atomic mass is 10.1. The van der Waals surface area contributed by atoms with Crippen molar-refractivity contribution in [2.24, 2.45) is 0 Å². The van der Waals surface area contributed by atoms with E-state index < -0.39 is 6.61 Å². The van der Waals surface area contributed by atoms with Crippen LogP contribution in [0.15, 0.2) is 48.5 Å². The summed E-state index contributed by atoms with van der Waals surface area (Å²) in [6.07, 6.45) is 1.35. The van der Waals surface area contributed by atoms with Crippen molar-refractivity contribution in [3.05, 3.63) is 59.7 Å². The Balaban J connectivity index is 1.60. The maximum absolute atomic E-state index is 12.3. The van der Waals surface area contributed by atoms with Gasteiger partial charge in [-0.1, -0.05) is 18.2 Å². The molecule has 0 spiro atoms. The number of rotatable bonds is 6. The second-order valence-electron chi connectivity index (χ2n) is 5.90. The third kappa shape index (κ3) is 4.36. The molecule has 2 aromatic carbocycles. The topological polar surface area (TPSA) is 58.6 Å². The number of benzene rings is 2. The summed E-state index contributed by atoms with van der Waals surface area (Å²) >= 11 is 0. The zero-order valence-electron chi connectivity index (χ0n) is 14.0. The number of alkyl halides is 2. The highest BCUT2D eigenvalue weighted by atomic mass is 19.3. The number of hydrogen-bond acceptors (Lipinski definition) is 3. The molecule has 3 rings (SSSR count). The Bertz CT molecular complexity index is 794. The Hall–Kier alpha value is -2.96. The highest BCUT2D eigenvalue weighted by Crippen LogP contribution is 2.22. The standard InChI is InChI=1S/C19H18F2N2O3/c20-19(21)26-16-8-6-13(7-9-16)12-22-18(25)14-3-1-4-15(11-14)23-10-2-5-17(23)24/h1,3-4,6-9,11,19H,2,5,10,12H2,(H,22,25). The van der Waals surface area contributed by atoms with E-state index in [0.717, 1.165) is 12.0 Å². The Morgan fingerprint density at radius 1 is 1.19 bits per heavy atom.